The highest BCUT2D eigenvalue weighted by Crippen LogP contribution is 2.20. The van der Waals surface area contributed by atoms with Crippen molar-refractivity contribution in [2.75, 3.05) is 0 Å². The average Bonchev–Trinajstić information content (AvgIpc) is 2.63. The molecule has 0 aromatic heterocycles. The minimum Gasteiger partial charge on any atom is -0.489 e. The first-order chi connectivity index (χ1) is 11.7. The van der Waals surface area contributed by atoms with Crippen LogP contribution in [-0.4, -0.2) is 5.97 Å². The van der Waals surface area contributed by atoms with E-state index in [0.29, 0.717) is 17.9 Å². The molecule has 0 aliphatic rings. The van der Waals surface area contributed by atoms with Gasteiger partial charge in [-0.1, -0.05) is 46.3 Å². The molecule has 24 heavy (non-hydrogen) atoms. The van der Waals surface area contributed by atoms with Crippen molar-refractivity contribution in [3.8, 4) is 11.5 Å². The summed E-state index contributed by atoms with van der Waals surface area (Å²) in [6, 6.07) is 23.9. The molecular weight excluding hydrogens is 368 g/mol. The van der Waals surface area contributed by atoms with E-state index in [4.69, 9.17) is 9.47 Å². The van der Waals surface area contributed by atoms with Gasteiger partial charge in [0.05, 0.1) is 5.56 Å². The van der Waals surface area contributed by atoms with E-state index in [9.17, 15) is 4.79 Å². The van der Waals surface area contributed by atoms with Gasteiger partial charge >= 0.3 is 5.97 Å². The van der Waals surface area contributed by atoms with Gasteiger partial charge in [-0.2, -0.15) is 0 Å². The fraction of sp³-hybridized carbons (Fsp3) is 0.0500. The Morgan fingerprint density at radius 2 is 1.42 bits per heavy atom. The zero-order chi connectivity index (χ0) is 16.8. The maximum atomic E-state index is 12.0. The summed E-state index contributed by atoms with van der Waals surface area (Å²) >= 11 is 3.40. The summed E-state index contributed by atoms with van der Waals surface area (Å²) in [5.74, 6) is 0.830. The molecule has 120 valence electrons. The van der Waals surface area contributed by atoms with E-state index in [1.54, 1.807) is 48.5 Å². The Labute approximate surface area is 149 Å². The van der Waals surface area contributed by atoms with Crippen molar-refractivity contribution in [2.45, 2.75) is 6.61 Å². The van der Waals surface area contributed by atoms with Gasteiger partial charge < -0.3 is 9.47 Å². The molecule has 3 rings (SSSR count). The van der Waals surface area contributed by atoms with Crippen molar-refractivity contribution in [1.82, 2.24) is 0 Å². The van der Waals surface area contributed by atoms with E-state index in [0.717, 1.165) is 15.8 Å². The van der Waals surface area contributed by atoms with Crippen molar-refractivity contribution in [3.05, 3.63) is 94.5 Å². The Morgan fingerprint density at radius 3 is 2.08 bits per heavy atom. The second-order valence-electron chi connectivity index (χ2n) is 5.14. The first-order valence-electron chi connectivity index (χ1n) is 7.45. The molecule has 3 nitrogen and oxygen atoms in total. The van der Waals surface area contributed by atoms with Crippen LogP contribution in [0.25, 0.3) is 0 Å². The van der Waals surface area contributed by atoms with Crippen molar-refractivity contribution >= 4 is 21.9 Å². The Kier molecular flexibility index (Phi) is 5.29. The Morgan fingerprint density at radius 1 is 0.792 bits per heavy atom. The fourth-order valence-electron chi connectivity index (χ4n) is 2.09. The van der Waals surface area contributed by atoms with Gasteiger partial charge in [0.1, 0.15) is 18.1 Å². The highest BCUT2D eigenvalue weighted by Gasteiger charge is 2.07. The Balaban J connectivity index is 1.57. The number of hydrogen-bond donors (Lipinski definition) is 0. The molecule has 0 radical (unpaired) electrons. The lowest BCUT2D eigenvalue weighted by atomic mass is 10.2. The van der Waals surface area contributed by atoms with Crippen LogP contribution in [0.1, 0.15) is 15.9 Å². The van der Waals surface area contributed by atoms with Gasteiger partial charge in [0.15, 0.2) is 0 Å². The highest BCUT2D eigenvalue weighted by atomic mass is 79.9. The predicted octanol–water partition coefficient (Wildman–Crippen LogP) is 5.25. The molecule has 0 aliphatic carbocycles. The van der Waals surface area contributed by atoms with Gasteiger partial charge in [0.25, 0.3) is 0 Å². The monoisotopic (exact) mass is 382 g/mol. The van der Waals surface area contributed by atoms with Gasteiger partial charge in [0.2, 0.25) is 0 Å². The lowest BCUT2D eigenvalue weighted by molar-refractivity contribution is 0.0734. The zero-order valence-electron chi connectivity index (χ0n) is 12.8. The molecule has 3 aromatic carbocycles. The van der Waals surface area contributed by atoms with E-state index < -0.39 is 0 Å². The molecule has 0 fully saturated rings. The number of hydrogen-bond acceptors (Lipinski definition) is 3. The van der Waals surface area contributed by atoms with Crippen LogP contribution in [0.5, 0.6) is 11.5 Å². The lowest BCUT2D eigenvalue weighted by Crippen LogP contribution is -2.07. The molecular formula is C20H15BrO3. The summed E-state index contributed by atoms with van der Waals surface area (Å²) in [5, 5.41) is 0. The standard InChI is InChI=1S/C20H15BrO3/c21-17-8-6-15(7-9-17)14-23-18-10-12-19(13-11-18)24-20(22)16-4-2-1-3-5-16/h1-13H,14H2. The third kappa shape index (κ3) is 4.46. The third-order valence-corrected chi connectivity index (χ3v) is 3.89. The summed E-state index contributed by atoms with van der Waals surface area (Å²) in [6.07, 6.45) is 0. The number of benzene rings is 3. The van der Waals surface area contributed by atoms with E-state index in [1.807, 2.05) is 30.3 Å². The van der Waals surface area contributed by atoms with Crippen LogP contribution in [0, 0.1) is 0 Å². The number of carbonyl (C=O) groups is 1. The number of ether oxygens (including phenoxy) is 2. The molecule has 0 saturated carbocycles. The van der Waals surface area contributed by atoms with Crippen molar-refractivity contribution in [1.29, 1.82) is 0 Å². The molecule has 3 aromatic rings. The minimum absolute atomic E-state index is 0.376. The van der Waals surface area contributed by atoms with Gasteiger partial charge in [-0.25, -0.2) is 4.79 Å². The SMILES string of the molecule is O=C(Oc1ccc(OCc2ccc(Br)cc2)cc1)c1ccccc1. The van der Waals surface area contributed by atoms with Crippen LogP contribution in [0.4, 0.5) is 0 Å². The normalized spacial score (nSPS) is 10.2. The predicted molar refractivity (Wildman–Crippen MR) is 96.3 cm³/mol. The topological polar surface area (TPSA) is 35.5 Å². The van der Waals surface area contributed by atoms with Crippen molar-refractivity contribution in [3.63, 3.8) is 0 Å². The molecule has 4 heteroatoms. The molecule has 0 saturated heterocycles. The summed E-state index contributed by atoms with van der Waals surface area (Å²) in [6.45, 7) is 0.483. The van der Waals surface area contributed by atoms with E-state index in [1.165, 1.54) is 0 Å². The fourth-order valence-corrected chi connectivity index (χ4v) is 2.36. The van der Waals surface area contributed by atoms with E-state index in [-0.39, 0.29) is 5.97 Å². The molecule has 0 spiro atoms. The number of rotatable bonds is 5. The second-order valence-corrected chi connectivity index (χ2v) is 6.06. The van der Waals surface area contributed by atoms with Crippen LogP contribution in [-0.2, 0) is 6.61 Å². The molecule has 0 unspecified atom stereocenters. The summed E-state index contributed by atoms with van der Waals surface area (Å²) in [5.41, 5.74) is 1.60. The number of esters is 1. The first kappa shape index (κ1) is 16.3. The van der Waals surface area contributed by atoms with Crippen molar-refractivity contribution < 1.29 is 14.3 Å². The first-order valence-corrected chi connectivity index (χ1v) is 8.24. The van der Waals surface area contributed by atoms with Gasteiger partial charge in [-0.05, 0) is 54.1 Å². The molecule has 0 bridgehead atoms. The maximum absolute atomic E-state index is 12.0. The smallest absolute Gasteiger partial charge is 0.343 e. The molecule has 0 N–H and O–H groups in total. The largest absolute Gasteiger partial charge is 0.489 e. The van der Waals surface area contributed by atoms with Crippen LogP contribution >= 0.6 is 15.9 Å². The number of halogens is 1. The molecule has 0 amide bonds. The molecule has 0 aliphatic heterocycles. The average molecular weight is 383 g/mol. The maximum Gasteiger partial charge on any atom is 0.343 e. The molecule has 0 atom stereocenters. The van der Waals surface area contributed by atoms with Gasteiger partial charge in [0, 0.05) is 4.47 Å². The summed E-state index contributed by atoms with van der Waals surface area (Å²) in [7, 11) is 0. The van der Waals surface area contributed by atoms with Crippen LogP contribution < -0.4 is 9.47 Å². The lowest BCUT2D eigenvalue weighted by Gasteiger charge is -2.08. The second kappa shape index (κ2) is 7.79. The van der Waals surface area contributed by atoms with Gasteiger partial charge in [-0.15, -0.1) is 0 Å². The number of carbonyl (C=O) groups excluding carboxylic acids is 1. The van der Waals surface area contributed by atoms with Gasteiger partial charge in [-0.3, -0.25) is 0 Å². The van der Waals surface area contributed by atoms with Crippen LogP contribution in [0.15, 0.2) is 83.3 Å². The van der Waals surface area contributed by atoms with Crippen molar-refractivity contribution in [2.24, 2.45) is 0 Å². The Bertz CT molecular complexity index is 797. The Hall–Kier alpha value is -2.59. The minimum atomic E-state index is -0.376. The van der Waals surface area contributed by atoms with E-state index in [2.05, 4.69) is 15.9 Å². The van der Waals surface area contributed by atoms with Crippen LogP contribution in [0.3, 0.4) is 0 Å². The summed E-state index contributed by atoms with van der Waals surface area (Å²) in [4.78, 5) is 12.0. The highest BCUT2D eigenvalue weighted by molar-refractivity contribution is 9.10. The molecule has 0 heterocycles. The quantitative estimate of drug-likeness (QED) is 0.446. The zero-order valence-corrected chi connectivity index (χ0v) is 14.4. The van der Waals surface area contributed by atoms with E-state index >= 15 is 0 Å². The third-order valence-electron chi connectivity index (χ3n) is 3.36. The summed E-state index contributed by atoms with van der Waals surface area (Å²) < 4.78 is 12.1. The van der Waals surface area contributed by atoms with Crippen LogP contribution in [0.2, 0.25) is 0 Å².